The van der Waals surface area contributed by atoms with Crippen LogP contribution >= 0.6 is 12.4 Å². The van der Waals surface area contributed by atoms with E-state index in [2.05, 4.69) is 16.0 Å². The van der Waals surface area contributed by atoms with Crippen LogP contribution in [0.1, 0.15) is 24.8 Å². The fraction of sp³-hybridized carbons (Fsp3) is 0.529. The number of hydrogen-bond donors (Lipinski definition) is 3. The largest absolute Gasteiger partial charge is 0.374 e. The van der Waals surface area contributed by atoms with E-state index in [9.17, 15) is 18.4 Å². The first-order valence-electron chi connectivity index (χ1n) is 8.24. The van der Waals surface area contributed by atoms with Gasteiger partial charge in [-0.2, -0.15) is 0 Å². The van der Waals surface area contributed by atoms with Gasteiger partial charge in [-0.15, -0.1) is 12.4 Å². The normalized spacial score (nSPS) is 32.9. The second-order valence-electron chi connectivity index (χ2n) is 6.83. The van der Waals surface area contributed by atoms with Crippen LogP contribution in [0.25, 0.3) is 0 Å². The van der Waals surface area contributed by atoms with Gasteiger partial charge in [0.05, 0.1) is 11.3 Å². The van der Waals surface area contributed by atoms with Crippen molar-refractivity contribution in [2.24, 2.45) is 5.92 Å². The zero-order valence-corrected chi connectivity index (χ0v) is 14.3. The fourth-order valence-electron chi connectivity index (χ4n) is 4.14. The quantitative estimate of drug-likeness (QED) is 0.709. The van der Waals surface area contributed by atoms with E-state index in [0.29, 0.717) is 43.6 Å². The molecule has 2 aliphatic heterocycles. The number of halogens is 3. The Bertz CT molecular complexity index is 698. The Kier molecular flexibility index (Phi) is 4.49. The number of carbonyl (C=O) groups is 2. The number of alkyl halides is 2. The maximum absolute atomic E-state index is 14.3. The summed E-state index contributed by atoms with van der Waals surface area (Å²) >= 11 is 0. The molecule has 0 bridgehead atoms. The van der Waals surface area contributed by atoms with Crippen molar-refractivity contribution in [1.82, 2.24) is 10.6 Å². The zero-order chi connectivity index (χ0) is 16.9. The monoisotopic (exact) mass is 371 g/mol. The molecule has 2 saturated heterocycles. The Morgan fingerprint density at radius 2 is 1.88 bits per heavy atom. The van der Waals surface area contributed by atoms with Crippen molar-refractivity contribution >= 4 is 29.9 Å². The van der Waals surface area contributed by atoms with Gasteiger partial charge in [-0.3, -0.25) is 14.9 Å². The van der Waals surface area contributed by atoms with Gasteiger partial charge in [-0.1, -0.05) is 12.1 Å². The number of imide groups is 1. The van der Waals surface area contributed by atoms with E-state index in [-0.39, 0.29) is 24.2 Å². The Labute approximate surface area is 150 Å². The number of rotatable bonds is 3. The summed E-state index contributed by atoms with van der Waals surface area (Å²) in [6.45, 7) is 0.950. The van der Waals surface area contributed by atoms with Crippen molar-refractivity contribution in [3.8, 4) is 0 Å². The lowest BCUT2D eigenvalue weighted by atomic mass is 9.87. The molecule has 3 aliphatic rings. The number of carbonyl (C=O) groups excluding carboxylic acids is 2. The summed E-state index contributed by atoms with van der Waals surface area (Å²) in [7, 11) is 0. The highest BCUT2D eigenvalue weighted by Crippen LogP contribution is 2.69. The van der Waals surface area contributed by atoms with E-state index in [4.69, 9.17) is 0 Å². The summed E-state index contributed by atoms with van der Waals surface area (Å²) in [5, 5.41) is 8.39. The molecule has 4 rings (SSSR count). The fourth-order valence-corrected chi connectivity index (χ4v) is 4.14. The summed E-state index contributed by atoms with van der Waals surface area (Å²) in [6.07, 6.45) is 1.16. The van der Waals surface area contributed by atoms with Crippen LogP contribution in [0, 0.1) is 5.92 Å². The Morgan fingerprint density at radius 1 is 1.16 bits per heavy atom. The zero-order valence-electron chi connectivity index (χ0n) is 13.5. The van der Waals surface area contributed by atoms with Crippen LogP contribution < -0.4 is 16.0 Å². The lowest BCUT2D eigenvalue weighted by Gasteiger charge is -2.24. The van der Waals surface area contributed by atoms with Gasteiger partial charge in [0.25, 0.3) is 5.92 Å². The van der Waals surface area contributed by atoms with Crippen LogP contribution in [0.4, 0.5) is 14.5 Å². The molecule has 1 aliphatic carbocycles. The van der Waals surface area contributed by atoms with Crippen molar-refractivity contribution < 1.29 is 18.4 Å². The van der Waals surface area contributed by atoms with E-state index in [1.807, 2.05) is 0 Å². The number of nitrogens with one attached hydrogen (secondary N) is 3. The standard InChI is InChI=1S/C17H19F2N3O2.ClH/c18-17(19)13-9-20-8-7-16(13,17)10-1-3-11(4-2-10)21-12-5-6-14(23)22-15(12)24;/h1-4,12-13,20-21H,5-9H2,(H,22,23,24);1H/t12-,13-,16-;/m1./s1. The molecule has 0 spiro atoms. The molecule has 2 amide bonds. The number of anilines is 1. The first kappa shape index (κ1) is 18.1. The molecule has 8 heteroatoms. The summed E-state index contributed by atoms with van der Waals surface area (Å²) in [5.41, 5.74) is 0.317. The lowest BCUT2D eigenvalue weighted by Crippen LogP contribution is -2.47. The van der Waals surface area contributed by atoms with Crippen molar-refractivity contribution in [2.45, 2.75) is 36.6 Å². The third-order valence-electron chi connectivity index (χ3n) is 5.57. The van der Waals surface area contributed by atoms with Gasteiger partial charge in [-0.05, 0) is 37.1 Å². The van der Waals surface area contributed by atoms with Gasteiger partial charge in [0, 0.05) is 18.7 Å². The van der Waals surface area contributed by atoms with Crippen LogP contribution in [0.3, 0.4) is 0 Å². The van der Waals surface area contributed by atoms with Gasteiger partial charge in [-0.25, -0.2) is 8.78 Å². The van der Waals surface area contributed by atoms with E-state index in [1.54, 1.807) is 24.3 Å². The van der Waals surface area contributed by atoms with Gasteiger partial charge >= 0.3 is 0 Å². The second-order valence-corrected chi connectivity index (χ2v) is 6.83. The maximum Gasteiger partial charge on any atom is 0.263 e. The minimum Gasteiger partial charge on any atom is -0.374 e. The molecule has 1 aromatic carbocycles. The molecular formula is C17H20ClF2N3O2. The van der Waals surface area contributed by atoms with Crippen LogP contribution in [0.5, 0.6) is 0 Å². The van der Waals surface area contributed by atoms with Crippen molar-refractivity contribution in [1.29, 1.82) is 0 Å². The minimum atomic E-state index is -2.66. The molecule has 25 heavy (non-hydrogen) atoms. The van der Waals surface area contributed by atoms with Gasteiger partial charge in [0.1, 0.15) is 6.04 Å². The molecule has 0 unspecified atom stereocenters. The molecule has 0 radical (unpaired) electrons. The van der Waals surface area contributed by atoms with Gasteiger partial charge in [0.15, 0.2) is 0 Å². The predicted molar refractivity (Wildman–Crippen MR) is 91.1 cm³/mol. The summed E-state index contributed by atoms with van der Waals surface area (Å²) < 4.78 is 28.5. The van der Waals surface area contributed by atoms with Gasteiger partial charge in [0.2, 0.25) is 11.8 Å². The number of hydrogen-bond acceptors (Lipinski definition) is 4. The van der Waals surface area contributed by atoms with E-state index >= 15 is 0 Å². The molecule has 1 saturated carbocycles. The summed E-state index contributed by atoms with van der Waals surface area (Å²) in [4.78, 5) is 22.9. The first-order valence-corrected chi connectivity index (χ1v) is 8.24. The smallest absolute Gasteiger partial charge is 0.263 e. The van der Waals surface area contributed by atoms with E-state index in [0.717, 1.165) is 0 Å². The van der Waals surface area contributed by atoms with Crippen LogP contribution in [0.2, 0.25) is 0 Å². The highest BCUT2D eigenvalue weighted by Gasteiger charge is 2.80. The molecule has 3 atom stereocenters. The molecule has 1 aromatic rings. The van der Waals surface area contributed by atoms with Crippen molar-refractivity contribution in [3.05, 3.63) is 29.8 Å². The topological polar surface area (TPSA) is 70.2 Å². The minimum absolute atomic E-state index is 0. The molecular weight excluding hydrogens is 352 g/mol. The molecule has 0 aromatic heterocycles. The highest BCUT2D eigenvalue weighted by atomic mass is 35.5. The average molecular weight is 372 g/mol. The Balaban J connectivity index is 0.00000182. The van der Waals surface area contributed by atoms with Crippen molar-refractivity contribution in [3.63, 3.8) is 0 Å². The van der Waals surface area contributed by atoms with Crippen molar-refractivity contribution in [2.75, 3.05) is 18.4 Å². The van der Waals surface area contributed by atoms with Crippen LogP contribution in [-0.4, -0.2) is 36.9 Å². The highest BCUT2D eigenvalue weighted by molar-refractivity contribution is 6.01. The predicted octanol–water partition coefficient (Wildman–Crippen LogP) is 1.82. The number of benzene rings is 1. The maximum atomic E-state index is 14.3. The average Bonchev–Trinajstić information content (AvgIpc) is 3.09. The molecule has 136 valence electrons. The molecule has 3 fully saturated rings. The molecule has 3 N–H and O–H groups in total. The molecule has 5 nitrogen and oxygen atoms in total. The third-order valence-corrected chi connectivity index (χ3v) is 5.57. The van der Waals surface area contributed by atoms with Crippen LogP contribution in [0.15, 0.2) is 24.3 Å². The Morgan fingerprint density at radius 3 is 2.52 bits per heavy atom. The number of amides is 2. The Hall–Kier alpha value is -1.73. The van der Waals surface area contributed by atoms with E-state index < -0.39 is 23.3 Å². The summed E-state index contributed by atoms with van der Waals surface area (Å²) in [5.74, 6) is -3.90. The van der Waals surface area contributed by atoms with E-state index in [1.165, 1.54) is 0 Å². The first-order chi connectivity index (χ1) is 11.4. The van der Waals surface area contributed by atoms with Crippen LogP contribution in [-0.2, 0) is 15.0 Å². The lowest BCUT2D eigenvalue weighted by molar-refractivity contribution is -0.133. The number of fused-ring (bicyclic) bond motifs is 1. The second kappa shape index (κ2) is 6.21. The number of piperidine rings is 2. The third kappa shape index (κ3) is 2.69. The SMILES string of the molecule is Cl.O=C1CC[C@@H](Nc2ccc([C@]34CCNC[C@H]3C4(F)F)cc2)C(=O)N1. The summed E-state index contributed by atoms with van der Waals surface area (Å²) in [6, 6.07) is 6.46. The van der Waals surface area contributed by atoms with Gasteiger partial charge < -0.3 is 10.6 Å². The molecule has 2 heterocycles.